The van der Waals surface area contributed by atoms with Gasteiger partial charge in [-0.25, -0.2) is 4.79 Å². The molecule has 3 amide bonds. The summed E-state index contributed by atoms with van der Waals surface area (Å²) < 4.78 is 5.69. The molecule has 1 aromatic carbocycles. The minimum atomic E-state index is -0.925. The molecule has 0 bridgehead atoms. The Hall–Kier alpha value is -2.34. The summed E-state index contributed by atoms with van der Waals surface area (Å²) in [6.07, 6.45) is 4.13. The summed E-state index contributed by atoms with van der Waals surface area (Å²) in [7, 11) is 0. The lowest BCUT2D eigenvalue weighted by molar-refractivity contribution is -0.129. The number of β-amino-alcohol motifs (C(OH)–C–C–N with tert-alkyl or cyclic N) is 1. The van der Waals surface area contributed by atoms with E-state index in [1.54, 1.807) is 11.0 Å². The van der Waals surface area contributed by atoms with Gasteiger partial charge in [0.15, 0.2) is 0 Å². The zero-order chi connectivity index (χ0) is 17.8. The fourth-order valence-electron chi connectivity index (χ4n) is 3.43. The first-order chi connectivity index (χ1) is 12.1. The lowest BCUT2D eigenvalue weighted by Crippen LogP contribution is -2.40. The quantitative estimate of drug-likeness (QED) is 0.606. The van der Waals surface area contributed by atoms with E-state index in [4.69, 9.17) is 4.74 Å². The lowest BCUT2D eigenvalue weighted by Gasteiger charge is -2.26. The number of carbonyl (C=O) groups is 2. The number of fused-ring (bicyclic) bond motifs is 1. The molecule has 6 nitrogen and oxygen atoms in total. The highest BCUT2D eigenvalue weighted by molar-refractivity contribution is 6.04. The predicted octanol–water partition coefficient (Wildman–Crippen LogP) is 1.97. The molecule has 2 saturated heterocycles. The largest absolute Gasteiger partial charge is 0.491 e. The number of nitrogens with zero attached hydrogens (tertiary/aromatic N) is 2. The van der Waals surface area contributed by atoms with Crippen LogP contribution in [0.5, 0.6) is 5.75 Å². The van der Waals surface area contributed by atoms with Crippen LogP contribution >= 0.6 is 0 Å². The molecule has 3 rings (SSSR count). The molecule has 1 N–H and O–H groups in total. The average Bonchev–Trinajstić information content (AvgIpc) is 2.87. The van der Waals surface area contributed by atoms with Gasteiger partial charge in [0.05, 0.1) is 6.54 Å². The van der Waals surface area contributed by atoms with Crippen molar-refractivity contribution in [3.63, 3.8) is 0 Å². The molecule has 0 aliphatic carbocycles. The van der Waals surface area contributed by atoms with E-state index in [-0.39, 0.29) is 31.1 Å². The molecule has 2 aliphatic heterocycles. The molecule has 1 aromatic rings. The number of hydrogen-bond donors (Lipinski definition) is 1. The molecule has 134 valence electrons. The number of ether oxygens (including phenoxy) is 1. The van der Waals surface area contributed by atoms with Crippen LogP contribution < -0.4 is 4.74 Å². The SMILES string of the molecule is C=CCc1ccccc1OC[C@@H](O)CN1C(=O)[C@@H]2CCCCN2C1=O. The number of piperidine rings is 1. The average molecular weight is 344 g/mol. The summed E-state index contributed by atoms with van der Waals surface area (Å²) in [6, 6.07) is 6.91. The second-order valence-corrected chi connectivity index (χ2v) is 6.50. The van der Waals surface area contributed by atoms with Gasteiger partial charge in [0.1, 0.15) is 24.5 Å². The van der Waals surface area contributed by atoms with E-state index in [1.165, 1.54) is 4.90 Å². The second kappa shape index (κ2) is 7.70. The maximum atomic E-state index is 12.4. The molecule has 0 saturated carbocycles. The number of aliphatic hydroxyl groups is 1. The number of aliphatic hydroxyl groups excluding tert-OH is 1. The second-order valence-electron chi connectivity index (χ2n) is 6.50. The van der Waals surface area contributed by atoms with E-state index >= 15 is 0 Å². The zero-order valence-electron chi connectivity index (χ0n) is 14.3. The van der Waals surface area contributed by atoms with Crippen molar-refractivity contribution in [1.29, 1.82) is 0 Å². The van der Waals surface area contributed by atoms with Gasteiger partial charge >= 0.3 is 6.03 Å². The van der Waals surface area contributed by atoms with E-state index in [0.29, 0.717) is 25.1 Å². The topological polar surface area (TPSA) is 70.1 Å². The van der Waals surface area contributed by atoms with Crippen molar-refractivity contribution in [1.82, 2.24) is 9.80 Å². The van der Waals surface area contributed by atoms with Crippen LogP contribution in [-0.4, -0.2) is 58.7 Å². The minimum Gasteiger partial charge on any atom is -0.491 e. The van der Waals surface area contributed by atoms with Crippen LogP contribution in [0.3, 0.4) is 0 Å². The molecule has 6 heteroatoms. The van der Waals surface area contributed by atoms with Crippen LogP contribution in [0.15, 0.2) is 36.9 Å². The van der Waals surface area contributed by atoms with Gasteiger partial charge in [0.2, 0.25) is 0 Å². The Morgan fingerprint density at radius 2 is 2.12 bits per heavy atom. The molecule has 25 heavy (non-hydrogen) atoms. The van der Waals surface area contributed by atoms with Gasteiger partial charge in [-0.1, -0.05) is 24.3 Å². The minimum absolute atomic E-state index is 0.0237. The fourth-order valence-corrected chi connectivity index (χ4v) is 3.43. The van der Waals surface area contributed by atoms with E-state index in [2.05, 4.69) is 6.58 Å². The van der Waals surface area contributed by atoms with Crippen molar-refractivity contribution < 1.29 is 19.4 Å². The molecule has 0 unspecified atom stereocenters. The highest BCUT2D eigenvalue weighted by Crippen LogP contribution is 2.26. The van der Waals surface area contributed by atoms with Gasteiger partial charge < -0.3 is 14.7 Å². The summed E-state index contributed by atoms with van der Waals surface area (Å²) in [5, 5.41) is 10.3. The van der Waals surface area contributed by atoms with Crippen LogP contribution in [0.2, 0.25) is 0 Å². The Morgan fingerprint density at radius 1 is 1.32 bits per heavy atom. The number of carbonyl (C=O) groups excluding carboxylic acids is 2. The number of imide groups is 1. The number of para-hydroxylation sites is 1. The third-order valence-corrected chi connectivity index (χ3v) is 4.69. The van der Waals surface area contributed by atoms with Crippen molar-refractivity contribution in [2.24, 2.45) is 0 Å². The number of benzene rings is 1. The number of rotatable bonds is 7. The van der Waals surface area contributed by atoms with E-state index in [1.807, 2.05) is 24.3 Å². The first kappa shape index (κ1) is 17.5. The third kappa shape index (κ3) is 3.69. The van der Waals surface area contributed by atoms with Gasteiger partial charge in [-0.05, 0) is 37.3 Å². The number of urea groups is 1. The Morgan fingerprint density at radius 3 is 2.88 bits per heavy atom. The Labute approximate surface area is 147 Å². The summed E-state index contributed by atoms with van der Waals surface area (Å²) in [4.78, 5) is 27.6. The van der Waals surface area contributed by atoms with Gasteiger partial charge in [-0.3, -0.25) is 9.69 Å². The lowest BCUT2D eigenvalue weighted by atomic mass is 10.0. The van der Waals surface area contributed by atoms with Crippen LogP contribution in [0, 0.1) is 0 Å². The molecule has 2 fully saturated rings. The summed E-state index contributed by atoms with van der Waals surface area (Å²) in [5.41, 5.74) is 0.982. The third-order valence-electron chi connectivity index (χ3n) is 4.69. The van der Waals surface area contributed by atoms with Gasteiger partial charge in [0.25, 0.3) is 5.91 Å². The van der Waals surface area contributed by atoms with Gasteiger partial charge in [0, 0.05) is 6.54 Å². The zero-order valence-corrected chi connectivity index (χ0v) is 14.3. The molecular formula is C19H24N2O4. The molecule has 0 radical (unpaired) electrons. The molecular weight excluding hydrogens is 320 g/mol. The number of allylic oxidation sites excluding steroid dienone is 1. The Kier molecular flexibility index (Phi) is 5.38. The summed E-state index contributed by atoms with van der Waals surface area (Å²) in [6.45, 7) is 4.33. The van der Waals surface area contributed by atoms with Crippen LogP contribution in [-0.2, 0) is 11.2 Å². The number of hydrogen-bond acceptors (Lipinski definition) is 4. The maximum absolute atomic E-state index is 12.4. The van der Waals surface area contributed by atoms with Gasteiger partial charge in [-0.15, -0.1) is 6.58 Å². The first-order valence-corrected chi connectivity index (χ1v) is 8.73. The highest BCUT2D eigenvalue weighted by atomic mass is 16.5. The Bertz CT molecular complexity index is 637. The van der Waals surface area contributed by atoms with Crippen molar-refractivity contribution >= 4 is 11.9 Å². The van der Waals surface area contributed by atoms with E-state index in [9.17, 15) is 14.7 Å². The molecule has 0 spiro atoms. The predicted molar refractivity (Wildman–Crippen MR) is 93.3 cm³/mol. The Balaban J connectivity index is 1.58. The normalized spacial score (nSPS) is 21.2. The number of amides is 3. The summed E-state index contributed by atoms with van der Waals surface area (Å²) >= 11 is 0. The van der Waals surface area contributed by atoms with Crippen molar-refractivity contribution in [2.75, 3.05) is 19.7 Å². The van der Waals surface area contributed by atoms with Crippen molar-refractivity contribution in [3.8, 4) is 5.75 Å². The molecule has 0 aromatic heterocycles. The fraction of sp³-hybridized carbons (Fsp3) is 0.474. The molecule has 2 heterocycles. The summed E-state index contributed by atoms with van der Waals surface area (Å²) in [5.74, 6) is 0.480. The smallest absolute Gasteiger partial charge is 0.327 e. The molecule has 2 atom stereocenters. The first-order valence-electron chi connectivity index (χ1n) is 8.73. The molecule has 2 aliphatic rings. The standard InChI is InChI=1S/C19H24N2O4/c1-2-7-14-8-3-4-10-17(14)25-13-15(22)12-21-18(23)16-9-5-6-11-20(16)19(21)24/h2-4,8,10,15-16,22H,1,5-7,9,11-13H2/t15-,16-/m0/s1. The maximum Gasteiger partial charge on any atom is 0.327 e. The van der Waals surface area contributed by atoms with Crippen LogP contribution in [0.4, 0.5) is 4.79 Å². The van der Waals surface area contributed by atoms with Crippen LogP contribution in [0.1, 0.15) is 24.8 Å². The van der Waals surface area contributed by atoms with Gasteiger partial charge in [-0.2, -0.15) is 0 Å². The van der Waals surface area contributed by atoms with Crippen molar-refractivity contribution in [3.05, 3.63) is 42.5 Å². The van der Waals surface area contributed by atoms with Crippen LogP contribution in [0.25, 0.3) is 0 Å². The van der Waals surface area contributed by atoms with Crippen molar-refractivity contribution in [2.45, 2.75) is 37.8 Å². The van der Waals surface area contributed by atoms with E-state index < -0.39 is 6.10 Å². The highest BCUT2D eigenvalue weighted by Gasteiger charge is 2.46. The monoisotopic (exact) mass is 344 g/mol. The van der Waals surface area contributed by atoms with E-state index in [0.717, 1.165) is 18.4 Å².